The summed E-state index contributed by atoms with van der Waals surface area (Å²) in [7, 11) is 0. The van der Waals surface area contributed by atoms with Crippen molar-refractivity contribution in [2.45, 2.75) is 508 Å². The van der Waals surface area contributed by atoms with Crippen LogP contribution in [0.25, 0.3) is 0 Å². The van der Waals surface area contributed by atoms with Crippen molar-refractivity contribution in [2.24, 2.45) is 0 Å². The van der Waals surface area contributed by atoms with E-state index in [0.29, 0.717) is 25.9 Å². The first-order valence-electron chi connectivity index (χ1n) is 41.8. The standard InChI is InChI=1S/C83H165NO5/c1-3-5-7-9-11-13-15-17-19-21-22-23-24-35-38-41-44-47-51-55-59-63-67-71-75-81(86)80(79-85)84-82(87)76-72-68-64-60-56-52-48-45-42-39-36-33-31-29-27-25-26-28-30-32-34-37-40-43-46-50-54-58-62-66-70-74-78-89-83(88)77-73-69-65-61-57-53-49-20-18-16-14-12-10-8-6-4-2/h80-81,85-86H,3-79H2,1-2H3,(H,84,87). The minimum absolute atomic E-state index is 0.0235. The molecule has 532 valence electrons. The Morgan fingerprint density at radius 3 is 0.685 bits per heavy atom. The fourth-order valence-corrected chi connectivity index (χ4v) is 13.8. The fraction of sp³-hybridized carbons (Fsp3) is 0.976. The molecular weight excluding hydrogens is 1090 g/mol. The van der Waals surface area contributed by atoms with Gasteiger partial charge in [-0.05, 0) is 25.7 Å². The van der Waals surface area contributed by atoms with E-state index in [4.69, 9.17) is 4.74 Å². The van der Waals surface area contributed by atoms with Gasteiger partial charge in [-0.15, -0.1) is 0 Å². The molecule has 0 aromatic carbocycles. The Morgan fingerprint density at radius 2 is 0.461 bits per heavy atom. The van der Waals surface area contributed by atoms with Gasteiger partial charge in [0, 0.05) is 12.8 Å². The Labute approximate surface area is 559 Å². The van der Waals surface area contributed by atoms with Gasteiger partial charge >= 0.3 is 5.97 Å². The summed E-state index contributed by atoms with van der Waals surface area (Å²) in [6.07, 6.45) is 99.3. The van der Waals surface area contributed by atoms with Crippen LogP contribution in [0.2, 0.25) is 0 Å². The third kappa shape index (κ3) is 75.8. The lowest BCUT2D eigenvalue weighted by Crippen LogP contribution is -2.45. The molecule has 1 amide bonds. The van der Waals surface area contributed by atoms with Gasteiger partial charge < -0.3 is 20.3 Å². The van der Waals surface area contributed by atoms with Gasteiger partial charge in [0.05, 0.1) is 25.4 Å². The van der Waals surface area contributed by atoms with Gasteiger partial charge in [-0.1, -0.05) is 457 Å². The normalized spacial score (nSPS) is 12.4. The minimum atomic E-state index is -0.662. The predicted molar refractivity (Wildman–Crippen MR) is 394 cm³/mol. The number of hydrogen-bond donors (Lipinski definition) is 3. The first-order chi connectivity index (χ1) is 44.0. The van der Waals surface area contributed by atoms with Crippen molar-refractivity contribution in [1.82, 2.24) is 5.32 Å². The lowest BCUT2D eigenvalue weighted by Gasteiger charge is -2.22. The molecule has 0 saturated carbocycles. The Morgan fingerprint density at radius 1 is 0.270 bits per heavy atom. The SMILES string of the molecule is CCCCCCCCCCCCCCCCCCCCCCCCCCC(O)C(CO)NC(=O)CCCCCCCCCCCCCCCCCCCCCCCCCCCCCCCCCCOC(=O)CCCCCCCCCCCCCCCCCC. The molecule has 6 nitrogen and oxygen atoms in total. The number of unbranched alkanes of at least 4 members (excludes halogenated alkanes) is 69. The Kier molecular flexibility index (Phi) is 78.3. The van der Waals surface area contributed by atoms with E-state index < -0.39 is 12.1 Å². The van der Waals surface area contributed by atoms with Crippen molar-refractivity contribution in [3.63, 3.8) is 0 Å². The molecule has 0 spiro atoms. The maximum atomic E-state index is 12.6. The van der Waals surface area contributed by atoms with Crippen LogP contribution in [0, 0.1) is 0 Å². The molecule has 6 heteroatoms. The van der Waals surface area contributed by atoms with Crippen LogP contribution in [0.5, 0.6) is 0 Å². The van der Waals surface area contributed by atoms with Gasteiger partial charge in [0.15, 0.2) is 0 Å². The molecule has 3 N–H and O–H groups in total. The highest BCUT2D eigenvalue weighted by Gasteiger charge is 2.20. The fourth-order valence-electron chi connectivity index (χ4n) is 13.8. The number of nitrogens with one attached hydrogen (secondary N) is 1. The number of rotatable bonds is 80. The zero-order valence-corrected chi connectivity index (χ0v) is 61.2. The second-order valence-corrected chi connectivity index (χ2v) is 29.2. The molecule has 0 aliphatic carbocycles. The largest absolute Gasteiger partial charge is 0.466 e. The molecule has 0 aromatic rings. The molecule has 0 radical (unpaired) electrons. The average molecular weight is 1260 g/mol. The van der Waals surface area contributed by atoms with Gasteiger partial charge in [-0.3, -0.25) is 9.59 Å². The van der Waals surface area contributed by atoms with Crippen LogP contribution in [0.3, 0.4) is 0 Å². The van der Waals surface area contributed by atoms with E-state index in [1.807, 2.05) is 0 Å². The van der Waals surface area contributed by atoms with E-state index in [9.17, 15) is 19.8 Å². The molecule has 0 aromatic heterocycles. The zero-order chi connectivity index (χ0) is 64.2. The third-order valence-corrected chi connectivity index (χ3v) is 20.2. The van der Waals surface area contributed by atoms with Crippen molar-refractivity contribution >= 4 is 11.9 Å². The number of aliphatic hydroxyl groups is 2. The molecule has 0 fully saturated rings. The van der Waals surface area contributed by atoms with Crippen LogP contribution in [0.4, 0.5) is 0 Å². The molecule has 2 atom stereocenters. The quantitative estimate of drug-likeness (QED) is 0.0417. The summed E-state index contributed by atoms with van der Waals surface area (Å²) in [4.78, 5) is 24.7. The van der Waals surface area contributed by atoms with E-state index in [0.717, 1.165) is 38.5 Å². The molecule has 0 aliphatic rings. The minimum Gasteiger partial charge on any atom is -0.466 e. The molecule has 0 rings (SSSR count). The topological polar surface area (TPSA) is 95.9 Å². The number of carbonyl (C=O) groups is 2. The van der Waals surface area contributed by atoms with Crippen molar-refractivity contribution in [2.75, 3.05) is 13.2 Å². The molecule has 0 saturated heterocycles. The first-order valence-corrected chi connectivity index (χ1v) is 41.8. The Bertz CT molecular complexity index is 1310. The monoisotopic (exact) mass is 1260 g/mol. The van der Waals surface area contributed by atoms with Crippen molar-refractivity contribution < 1.29 is 24.5 Å². The van der Waals surface area contributed by atoms with Gasteiger partial charge in [-0.2, -0.15) is 0 Å². The summed E-state index contributed by atoms with van der Waals surface area (Å²) >= 11 is 0. The third-order valence-electron chi connectivity index (χ3n) is 20.2. The van der Waals surface area contributed by atoms with E-state index in [2.05, 4.69) is 19.2 Å². The summed E-state index contributed by atoms with van der Waals surface area (Å²) in [6, 6.07) is -0.538. The van der Waals surface area contributed by atoms with Crippen molar-refractivity contribution in [1.29, 1.82) is 0 Å². The molecule has 2 unspecified atom stereocenters. The maximum Gasteiger partial charge on any atom is 0.305 e. The van der Waals surface area contributed by atoms with Gasteiger partial charge in [0.25, 0.3) is 0 Å². The second-order valence-electron chi connectivity index (χ2n) is 29.2. The maximum absolute atomic E-state index is 12.6. The number of hydrogen-bond acceptors (Lipinski definition) is 5. The highest BCUT2D eigenvalue weighted by atomic mass is 16.5. The Balaban J connectivity index is 3.31. The summed E-state index contributed by atoms with van der Waals surface area (Å²) in [6.45, 7) is 5.03. The van der Waals surface area contributed by atoms with Gasteiger partial charge in [0.2, 0.25) is 5.91 Å². The number of esters is 1. The zero-order valence-electron chi connectivity index (χ0n) is 61.2. The van der Waals surface area contributed by atoms with Crippen LogP contribution >= 0.6 is 0 Å². The number of carbonyl (C=O) groups excluding carboxylic acids is 2. The van der Waals surface area contributed by atoms with Gasteiger partial charge in [-0.25, -0.2) is 0 Å². The Hall–Kier alpha value is -1.14. The van der Waals surface area contributed by atoms with Crippen LogP contribution in [0.15, 0.2) is 0 Å². The lowest BCUT2D eigenvalue weighted by atomic mass is 10.0. The number of ether oxygens (including phenoxy) is 1. The lowest BCUT2D eigenvalue weighted by molar-refractivity contribution is -0.143. The van der Waals surface area contributed by atoms with Gasteiger partial charge in [0.1, 0.15) is 0 Å². The van der Waals surface area contributed by atoms with E-state index >= 15 is 0 Å². The van der Waals surface area contributed by atoms with Crippen LogP contribution in [-0.2, 0) is 14.3 Å². The van der Waals surface area contributed by atoms with Crippen molar-refractivity contribution in [3.8, 4) is 0 Å². The van der Waals surface area contributed by atoms with E-state index in [-0.39, 0.29) is 18.5 Å². The predicted octanol–water partition coefficient (Wildman–Crippen LogP) is 27.7. The molecule has 89 heavy (non-hydrogen) atoms. The van der Waals surface area contributed by atoms with E-state index in [1.54, 1.807) is 0 Å². The number of aliphatic hydroxyl groups excluding tert-OH is 2. The summed E-state index contributed by atoms with van der Waals surface area (Å²) < 4.78 is 5.51. The number of amides is 1. The second kappa shape index (κ2) is 79.3. The molecule has 0 aliphatic heterocycles. The molecule has 0 heterocycles. The highest BCUT2D eigenvalue weighted by molar-refractivity contribution is 5.76. The summed E-state index contributed by atoms with van der Waals surface area (Å²) in [5.74, 6) is 0.00287. The summed E-state index contributed by atoms with van der Waals surface area (Å²) in [5, 5.41) is 23.5. The van der Waals surface area contributed by atoms with Crippen LogP contribution < -0.4 is 5.32 Å². The summed E-state index contributed by atoms with van der Waals surface area (Å²) in [5.41, 5.74) is 0. The van der Waals surface area contributed by atoms with Crippen molar-refractivity contribution in [3.05, 3.63) is 0 Å². The van der Waals surface area contributed by atoms with Crippen LogP contribution in [0.1, 0.15) is 495 Å². The first kappa shape index (κ1) is 87.9. The smallest absolute Gasteiger partial charge is 0.305 e. The molecular formula is C83H165NO5. The van der Waals surface area contributed by atoms with Crippen LogP contribution in [-0.4, -0.2) is 47.4 Å². The highest BCUT2D eigenvalue weighted by Crippen LogP contribution is 2.21. The molecule has 0 bridgehead atoms. The average Bonchev–Trinajstić information content (AvgIpc) is 3.57. The van der Waals surface area contributed by atoms with E-state index in [1.165, 1.54) is 424 Å².